The van der Waals surface area contributed by atoms with Crippen molar-refractivity contribution in [1.82, 2.24) is 0 Å². The van der Waals surface area contributed by atoms with Crippen molar-refractivity contribution < 1.29 is 9.84 Å². The number of aliphatic hydroxyl groups excluding tert-OH is 1. The molecule has 0 aliphatic heterocycles. The SMILES string of the molecule is CC(C)OCC/C=C/CO. The maximum absolute atomic E-state index is 8.35. The van der Waals surface area contributed by atoms with Crippen LogP contribution in [0.4, 0.5) is 0 Å². The molecule has 0 rings (SSSR count). The van der Waals surface area contributed by atoms with Crippen LogP contribution in [0.15, 0.2) is 12.2 Å². The van der Waals surface area contributed by atoms with Gasteiger partial charge < -0.3 is 9.84 Å². The van der Waals surface area contributed by atoms with Crippen LogP contribution in [0.3, 0.4) is 0 Å². The van der Waals surface area contributed by atoms with Crippen molar-refractivity contribution in [3.05, 3.63) is 12.2 Å². The lowest BCUT2D eigenvalue weighted by Crippen LogP contribution is -2.02. The Labute approximate surface area is 62.5 Å². The molecule has 0 aliphatic rings. The summed E-state index contributed by atoms with van der Waals surface area (Å²) in [4.78, 5) is 0. The van der Waals surface area contributed by atoms with Crippen LogP contribution >= 0.6 is 0 Å². The Morgan fingerprint density at radius 3 is 2.60 bits per heavy atom. The smallest absolute Gasteiger partial charge is 0.0612 e. The molecule has 60 valence electrons. The molecule has 0 atom stereocenters. The summed E-state index contributed by atoms with van der Waals surface area (Å²) in [6.45, 7) is 4.89. The van der Waals surface area contributed by atoms with Crippen molar-refractivity contribution in [2.45, 2.75) is 26.4 Å². The number of hydrogen-bond donors (Lipinski definition) is 1. The van der Waals surface area contributed by atoms with Crippen molar-refractivity contribution in [3.63, 3.8) is 0 Å². The van der Waals surface area contributed by atoms with Crippen molar-refractivity contribution in [2.24, 2.45) is 0 Å². The third kappa shape index (κ3) is 7.66. The fourth-order valence-corrected chi connectivity index (χ4v) is 0.564. The molecule has 1 N–H and O–H groups in total. The van der Waals surface area contributed by atoms with Crippen LogP contribution in [0.25, 0.3) is 0 Å². The highest BCUT2D eigenvalue weighted by atomic mass is 16.5. The molecule has 0 aromatic heterocycles. The van der Waals surface area contributed by atoms with Crippen LogP contribution in [0.5, 0.6) is 0 Å². The van der Waals surface area contributed by atoms with Crippen molar-refractivity contribution in [1.29, 1.82) is 0 Å². The van der Waals surface area contributed by atoms with Gasteiger partial charge in [0.1, 0.15) is 0 Å². The molecule has 0 fully saturated rings. The fraction of sp³-hybridized carbons (Fsp3) is 0.750. The second kappa shape index (κ2) is 6.78. The minimum atomic E-state index is 0.127. The molecule has 0 spiro atoms. The minimum absolute atomic E-state index is 0.127. The van der Waals surface area contributed by atoms with E-state index in [-0.39, 0.29) is 6.61 Å². The Hall–Kier alpha value is -0.340. The molecular weight excluding hydrogens is 128 g/mol. The molecule has 0 saturated carbocycles. The summed E-state index contributed by atoms with van der Waals surface area (Å²) in [5.74, 6) is 0. The molecule has 0 aromatic rings. The van der Waals surface area contributed by atoms with E-state index in [1.54, 1.807) is 6.08 Å². The molecule has 10 heavy (non-hydrogen) atoms. The molecule has 0 unspecified atom stereocenters. The summed E-state index contributed by atoms with van der Waals surface area (Å²) in [5.41, 5.74) is 0. The third-order valence-corrected chi connectivity index (χ3v) is 1.01. The lowest BCUT2D eigenvalue weighted by molar-refractivity contribution is 0.0825. The van der Waals surface area contributed by atoms with Gasteiger partial charge in [-0.15, -0.1) is 0 Å². The van der Waals surface area contributed by atoms with Crippen LogP contribution < -0.4 is 0 Å². The zero-order chi connectivity index (χ0) is 7.82. The summed E-state index contributed by atoms with van der Waals surface area (Å²) in [5, 5.41) is 8.35. The second-order valence-corrected chi connectivity index (χ2v) is 2.36. The van der Waals surface area contributed by atoms with E-state index in [0.29, 0.717) is 6.10 Å². The Morgan fingerprint density at radius 2 is 2.10 bits per heavy atom. The van der Waals surface area contributed by atoms with Gasteiger partial charge in [0.15, 0.2) is 0 Å². The first-order chi connectivity index (χ1) is 4.77. The van der Waals surface area contributed by atoms with Crippen LogP contribution in [0, 0.1) is 0 Å². The Kier molecular flexibility index (Phi) is 6.55. The van der Waals surface area contributed by atoms with E-state index < -0.39 is 0 Å². The molecule has 0 aromatic carbocycles. The van der Waals surface area contributed by atoms with Gasteiger partial charge in [-0.25, -0.2) is 0 Å². The molecule has 0 saturated heterocycles. The molecular formula is C8H16O2. The van der Waals surface area contributed by atoms with E-state index in [0.717, 1.165) is 13.0 Å². The first-order valence-electron chi connectivity index (χ1n) is 3.65. The van der Waals surface area contributed by atoms with E-state index in [1.165, 1.54) is 0 Å². The Balaban J connectivity index is 2.97. The highest BCUT2D eigenvalue weighted by Crippen LogP contribution is 1.90. The van der Waals surface area contributed by atoms with Gasteiger partial charge in [-0.3, -0.25) is 0 Å². The van der Waals surface area contributed by atoms with Crippen molar-refractivity contribution in [2.75, 3.05) is 13.2 Å². The van der Waals surface area contributed by atoms with E-state index in [4.69, 9.17) is 9.84 Å². The van der Waals surface area contributed by atoms with E-state index in [9.17, 15) is 0 Å². The van der Waals surface area contributed by atoms with Gasteiger partial charge in [-0.1, -0.05) is 12.2 Å². The summed E-state index contributed by atoms with van der Waals surface area (Å²) in [6.07, 6.45) is 4.84. The van der Waals surface area contributed by atoms with Gasteiger partial charge in [0, 0.05) is 0 Å². The number of aliphatic hydroxyl groups is 1. The third-order valence-electron chi connectivity index (χ3n) is 1.01. The molecule has 0 amide bonds. The molecule has 2 heteroatoms. The predicted octanol–water partition coefficient (Wildman–Crippen LogP) is 1.35. The maximum Gasteiger partial charge on any atom is 0.0612 e. The normalized spacial score (nSPS) is 11.6. The molecule has 0 aliphatic carbocycles. The van der Waals surface area contributed by atoms with Crippen molar-refractivity contribution >= 4 is 0 Å². The summed E-state index contributed by atoms with van der Waals surface area (Å²) >= 11 is 0. The van der Waals surface area contributed by atoms with Crippen LogP contribution in [-0.2, 0) is 4.74 Å². The van der Waals surface area contributed by atoms with Gasteiger partial charge in [0.25, 0.3) is 0 Å². The van der Waals surface area contributed by atoms with Crippen LogP contribution in [-0.4, -0.2) is 24.4 Å². The molecule has 0 bridgehead atoms. The number of rotatable bonds is 5. The van der Waals surface area contributed by atoms with E-state index in [1.807, 2.05) is 19.9 Å². The molecule has 0 radical (unpaired) electrons. The summed E-state index contributed by atoms with van der Waals surface area (Å²) in [7, 11) is 0. The molecule has 0 heterocycles. The monoisotopic (exact) mass is 144 g/mol. The maximum atomic E-state index is 8.35. The summed E-state index contributed by atoms with van der Waals surface area (Å²) < 4.78 is 5.26. The van der Waals surface area contributed by atoms with E-state index >= 15 is 0 Å². The fourth-order valence-electron chi connectivity index (χ4n) is 0.564. The zero-order valence-corrected chi connectivity index (χ0v) is 6.71. The second-order valence-electron chi connectivity index (χ2n) is 2.36. The lowest BCUT2D eigenvalue weighted by atomic mass is 10.4. The Morgan fingerprint density at radius 1 is 1.40 bits per heavy atom. The minimum Gasteiger partial charge on any atom is -0.392 e. The van der Waals surface area contributed by atoms with Gasteiger partial charge in [-0.05, 0) is 20.3 Å². The Bertz CT molecular complexity index is 87.3. The van der Waals surface area contributed by atoms with Gasteiger partial charge in [0.2, 0.25) is 0 Å². The van der Waals surface area contributed by atoms with Crippen LogP contribution in [0.2, 0.25) is 0 Å². The average Bonchev–Trinajstić information content (AvgIpc) is 1.87. The highest BCUT2D eigenvalue weighted by Gasteiger charge is 1.88. The van der Waals surface area contributed by atoms with Gasteiger partial charge in [0.05, 0.1) is 19.3 Å². The first kappa shape index (κ1) is 9.66. The first-order valence-corrected chi connectivity index (χ1v) is 3.65. The van der Waals surface area contributed by atoms with Gasteiger partial charge >= 0.3 is 0 Å². The predicted molar refractivity (Wildman–Crippen MR) is 41.9 cm³/mol. The lowest BCUT2D eigenvalue weighted by Gasteiger charge is -2.03. The largest absolute Gasteiger partial charge is 0.392 e. The topological polar surface area (TPSA) is 29.5 Å². The molecule has 2 nitrogen and oxygen atoms in total. The van der Waals surface area contributed by atoms with E-state index in [2.05, 4.69) is 0 Å². The summed E-state index contributed by atoms with van der Waals surface area (Å²) in [6, 6.07) is 0. The van der Waals surface area contributed by atoms with Gasteiger partial charge in [-0.2, -0.15) is 0 Å². The highest BCUT2D eigenvalue weighted by molar-refractivity contribution is 4.80. The zero-order valence-electron chi connectivity index (χ0n) is 6.71. The quantitative estimate of drug-likeness (QED) is 0.466. The average molecular weight is 144 g/mol. The number of ether oxygens (including phenoxy) is 1. The van der Waals surface area contributed by atoms with Crippen molar-refractivity contribution in [3.8, 4) is 0 Å². The number of hydrogen-bond acceptors (Lipinski definition) is 2. The standard InChI is InChI=1S/C8H16O2/c1-8(2)10-7-5-3-4-6-9/h3-4,8-9H,5-7H2,1-2H3/b4-3+. The van der Waals surface area contributed by atoms with Crippen LogP contribution in [0.1, 0.15) is 20.3 Å².